The Morgan fingerprint density at radius 3 is 2.90 bits per heavy atom. The first kappa shape index (κ1) is 12.9. The molecule has 1 unspecified atom stereocenters. The van der Waals surface area contributed by atoms with Crippen LogP contribution in [0.15, 0.2) is 36.7 Å². The molecule has 1 atom stereocenters. The Bertz CT molecular complexity index is 597. The smallest absolute Gasteiger partial charge is 0.134 e. The summed E-state index contributed by atoms with van der Waals surface area (Å²) in [5, 5.41) is 0. The second-order valence-corrected chi connectivity index (χ2v) is 5.44. The first-order valence-electron chi connectivity index (χ1n) is 7.12. The summed E-state index contributed by atoms with van der Waals surface area (Å²) < 4.78 is 0. The zero-order chi connectivity index (χ0) is 13.9. The summed E-state index contributed by atoms with van der Waals surface area (Å²) in [6.45, 7) is 4.23. The van der Waals surface area contributed by atoms with E-state index in [9.17, 15) is 0 Å². The lowest BCUT2D eigenvalue weighted by Crippen LogP contribution is -2.35. The first-order valence-corrected chi connectivity index (χ1v) is 7.12. The Morgan fingerprint density at radius 2 is 2.10 bits per heavy atom. The predicted octanol–water partition coefficient (Wildman–Crippen LogP) is 2.75. The average molecular weight is 268 g/mol. The highest BCUT2D eigenvalue weighted by Gasteiger charge is 2.23. The number of piperidine rings is 1. The largest absolute Gasteiger partial charge is 0.384 e. The van der Waals surface area contributed by atoms with Crippen molar-refractivity contribution in [2.75, 3.05) is 23.7 Å². The summed E-state index contributed by atoms with van der Waals surface area (Å²) in [4.78, 5) is 10.6. The highest BCUT2D eigenvalue weighted by Crippen LogP contribution is 2.30. The number of nitrogens with two attached hydrogens (primary N) is 1. The third kappa shape index (κ3) is 2.59. The minimum absolute atomic E-state index is 0.535. The molecule has 0 amide bonds. The molecule has 20 heavy (non-hydrogen) atoms. The van der Waals surface area contributed by atoms with Crippen LogP contribution in [0, 0.1) is 6.92 Å². The van der Waals surface area contributed by atoms with Gasteiger partial charge in [-0.05, 0) is 30.9 Å². The number of anilines is 2. The van der Waals surface area contributed by atoms with Crippen molar-refractivity contribution in [3.8, 4) is 0 Å². The minimum atomic E-state index is 0.535. The number of aromatic nitrogens is 2. The van der Waals surface area contributed by atoms with Gasteiger partial charge in [-0.2, -0.15) is 0 Å². The normalized spacial score (nSPS) is 19.1. The molecule has 0 aliphatic carbocycles. The van der Waals surface area contributed by atoms with E-state index in [2.05, 4.69) is 46.1 Å². The molecule has 1 fully saturated rings. The van der Waals surface area contributed by atoms with Gasteiger partial charge in [0, 0.05) is 25.1 Å². The van der Waals surface area contributed by atoms with E-state index < -0.39 is 0 Å². The Morgan fingerprint density at radius 1 is 1.25 bits per heavy atom. The van der Waals surface area contributed by atoms with Gasteiger partial charge in [0.05, 0.1) is 0 Å². The van der Waals surface area contributed by atoms with Crippen LogP contribution in [0.4, 0.5) is 11.6 Å². The fourth-order valence-electron chi connectivity index (χ4n) is 3.02. The number of hydrogen-bond acceptors (Lipinski definition) is 4. The molecule has 4 nitrogen and oxygen atoms in total. The highest BCUT2D eigenvalue weighted by molar-refractivity contribution is 5.47. The van der Waals surface area contributed by atoms with Crippen LogP contribution in [0.25, 0.3) is 0 Å². The quantitative estimate of drug-likeness (QED) is 0.910. The number of nitrogens with zero attached hydrogens (tertiary/aromatic N) is 3. The van der Waals surface area contributed by atoms with Gasteiger partial charge in [0.15, 0.2) is 0 Å². The molecule has 2 aromatic rings. The van der Waals surface area contributed by atoms with Crippen LogP contribution < -0.4 is 10.6 Å². The highest BCUT2D eigenvalue weighted by atomic mass is 15.2. The van der Waals surface area contributed by atoms with Crippen LogP contribution >= 0.6 is 0 Å². The molecular weight excluding hydrogens is 248 g/mol. The lowest BCUT2D eigenvalue weighted by Gasteiger charge is -2.34. The molecule has 4 heteroatoms. The zero-order valence-electron chi connectivity index (χ0n) is 11.8. The van der Waals surface area contributed by atoms with Gasteiger partial charge in [-0.15, -0.1) is 0 Å². The Labute approximate surface area is 119 Å². The van der Waals surface area contributed by atoms with E-state index in [1.165, 1.54) is 24.0 Å². The molecule has 3 rings (SSSR count). The van der Waals surface area contributed by atoms with Crippen molar-refractivity contribution < 1.29 is 0 Å². The fourth-order valence-corrected chi connectivity index (χ4v) is 3.02. The number of rotatable bonds is 2. The van der Waals surface area contributed by atoms with Crippen LogP contribution in [0.5, 0.6) is 0 Å². The third-order valence-electron chi connectivity index (χ3n) is 4.05. The van der Waals surface area contributed by atoms with Gasteiger partial charge in [-0.3, -0.25) is 0 Å². The van der Waals surface area contributed by atoms with Gasteiger partial charge in [0.25, 0.3) is 0 Å². The zero-order valence-corrected chi connectivity index (χ0v) is 11.8. The Hall–Kier alpha value is -2.10. The third-order valence-corrected chi connectivity index (χ3v) is 4.05. The summed E-state index contributed by atoms with van der Waals surface area (Å²) >= 11 is 0. The van der Waals surface area contributed by atoms with Crippen LogP contribution in [0.3, 0.4) is 0 Å². The summed E-state index contributed by atoms with van der Waals surface area (Å²) in [6.07, 6.45) is 3.97. The molecule has 1 aromatic heterocycles. The summed E-state index contributed by atoms with van der Waals surface area (Å²) in [5.74, 6) is 2.05. The number of hydrogen-bond donors (Lipinski definition) is 1. The van der Waals surface area contributed by atoms with Crippen molar-refractivity contribution >= 4 is 11.6 Å². The SMILES string of the molecule is Cc1ccccc1C1CCCN(c2cc(N)ncn2)C1. The van der Waals surface area contributed by atoms with Crippen molar-refractivity contribution in [2.45, 2.75) is 25.7 Å². The van der Waals surface area contributed by atoms with E-state index in [0.717, 1.165) is 18.9 Å². The van der Waals surface area contributed by atoms with E-state index in [0.29, 0.717) is 11.7 Å². The van der Waals surface area contributed by atoms with Gasteiger partial charge in [0.2, 0.25) is 0 Å². The van der Waals surface area contributed by atoms with Gasteiger partial charge in [0.1, 0.15) is 18.0 Å². The molecule has 2 N–H and O–H groups in total. The molecule has 0 spiro atoms. The fraction of sp³-hybridized carbons (Fsp3) is 0.375. The number of benzene rings is 1. The van der Waals surface area contributed by atoms with Crippen LogP contribution in [-0.2, 0) is 0 Å². The van der Waals surface area contributed by atoms with E-state index >= 15 is 0 Å². The molecule has 1 aliphatic rings. The van der Waals surface area contributed by atoms with Crippen molar-refractivity contribution in [2.24, 2.45) is 0 Å². The van der Waals surface area contributed by atoms with E-state index in [4.69, 9.17) is 5.73 Å². The molecule has 0 radical (unpaired) electrons. The molecule has 2 heterocycles. The van der Waals surface area contributed by atoms with E-state index in [-0.39, 0.29) is 0 Å². The minimum Gasteiger partial charge on any atom is -0.384 e. The summed E-state index contributed by atoms with van der Waals surface area (Å²) in [5.41, 5.74) is 8.59. The van der Waals surface area contributed by atoms with Gasteiger partial charge in [-0.1, -0.05) is 24.3 Å². The standard InChI is InChI=1S/C16H20N4/c1-12-5-2-3-7-14(12)13-6-4-8-20(10-13)16-9-15(17)18-11-19-16/h2-3,5,7,9,11,13H,4,6,8,10H2,1H3,(H2,17,18,19). The van der Waals surface area contributed by atoms with Crippen molar-refractivity contribution in [3.63, 3.8) is 0 Å². The molecule has 104 valence electrons. The number of nitrogen functional groups attached to an aromatic ring is 1. The van der Waals surface area contributed by atoms with E-state index in [1.54, 1.807) is 6.33 Å². The Balaban J connectivity index is 1.82. The topological polar surface area (TPSA) is 55.0 Å². The van der Waals surface area contributed by atoms with Crippen LogP contribution in [0.1, 0.15) is 29.9 Å². The lowest BCUT2D eigenvalue weighted by atomic mass is 9.88. The second kappa shape index (κ2) is 5.49. The molecule has 1 saturated heterocycles. The van der Waals surface area contributed by atoms with Crippen LogP contribution in [0.2, 0.25) is 0 Å². The molecule has 0 saturated carbocycles. The predicted molar refractivity (Wildman–Crippen MR) is 81.8 cm³/mol. The molecule has 1 aromatic carbocycles. The van der Waals surface area contributed by atoms with Crippen molar-refractivity contribution in [3.05, 3.63) is 47.8 Å². The maximum atomic E-state index is 5.76. The van der Waals surface area contributed by atoms with Crippen molar-refractivity contribution in [1.82, 2.24) is 9.97 Å². The van der Waals surface area contributed by atoms with Gasteiger partial charge >= 0.3 is 0 Å². The summed E-state index contributed by atoms with van der Waals surface area (Å²) in [7, 11) is 0. The van der Waals surface area contributed by atoms with Crippen LogP contribution in [-0.4, -0.2) is 23.1 Å². The van der Waals surface area contributed by atoms with Crippen molar-refractivity contribution in [1.29, 1.82) is 0 Å². The van der Waals surface area contributed by atoms with E-state index in [1.807, 2.05) is 6.07 Å². The first-order chi connectivity index (χ1) is 9.74. The maximum absolute atomic E-state index is 5.76. The average Bonchev–Trinajstić information content (AvgIpc) is 2.48. The second-order valence-electron chi connectivity index (χ2n) is 5.44. The Kier molecular flexibility index (Phi) is 3.54. The summed E-state index contributed by atoms with van der Waals surface area (Å²) in [6, 6.07) is 10.5. The van der Waals surface area contributed by atoms with Gasteiger partial charge < -0.3 is 10.6 Å². The molecule has 0 bridgehead atoms. The number of aryl methyl sites for hydroxylation is 1. The monoisotopic (exact) mass is 268 g/mol. The van der Waals surface area contributed by atoms with Gasteiger partial charge in [-0.25, -0.2) is 9.97 Å². The molecular formula is C16H20N4. The lowest BCUT2D eigenvalue weighted by molar-refractivity contribution is 0.505. The molecule has 1 aliphatic heterocycles. The maximum Gasteiger partial charge on any atom is 0.134 e.